The molecule has 0 saturated heterocycles. The van der Waals surface area contributed by atoms with E-state index < -0.39 is 12.3 Å². The van der Waals surface area contributed by atoms with Gasteiger partial charge in [-0.25, -0.2) is 4.98 Å². The number of halogens is 2. The van der Waals surface area contributed by atoms with Gasteiger partial charge in [-0.05, 0) is 18.1 Å². The molecule has 0 spiro atoms. The van der Waals surface area contributed by atoms with Gasteiger partial charge in [0.05, 0.1) is 18.4 Å². The summed E-state index contributed by atoms with van der Waals surface area (Å²) in [6.07, 6.45) is 3.14. The molecular weight excluding hydrogens is 352 g/mol. The van der Waals surface area contributed by atoms with Gasteiger partial charge in [-0.15, -0.1) is 21.5 Å². The van der Waals surface area contributed by atoms with Crippen LogP contribution in [0.1, 0.15) is 29.3 Å². The fraction of sp³-hybridized carbons (Fsp3) is 0.267. The summed E-state index contributed by atoms with van der Waals surface area (Å²) in [6, 6.07) is 1.80. The smallest absolute Gasteiger partial charge is 0.314 e. The van der Waals surface area contributed by atoms with Crippen molar-refractivity contribution in [1.29, 1.82) is 0 Å². The van der Waals surface area contributed by atoms with Crippen molar-refractivity contribution in [3.05, 3.63) is 41.1 Å². The van der Waals surface area contributed by atoms with E-state index in [1.807, 2.05) is 0 Å². The van der Waals surface area contributed by atoms with Crippen molar-refractivity contribution >= 4 is 22.9 Å². The molecule has 1 aliphatic heterocycles. The molecule has 0 radical (unpaired) electrons. The number of anilines is 1. The number of aromatic nitrogens is 4. The lowest BCUT2D eigenvalue weighted by Crippen LogP contribution is -2.34. The van der Waals surface area contributed by atoms with Crippen LogP contribution in [0.5, 0.6) is 0 Å². The molecule has 7 nitrogen and oxygen atoms in total. The molecule has 4 rings (SSSR count). The number of rotatable bonds is 4. The molecule has 128 valence electrons. The van der Waals surface area contributed by atoms with Crippen LogP contribution in [-0.2, 0) is 17.8 Å². The fourth-order valence-electron chi connectivity index (χ4n) is 2.60. The predicted octanol–water partition coefficient (Wildman–Crippen LogP) is 3.01. The monoisotopic (exact) mass is 363 g/mol. The van der Waals surface area contributed by atoms with E-state index in [2.05, 4.69) is 20.2 Å². The number of carbonyl (C=O) groups is 1. The van der Waals surface area contributed by atoms with Crippen LogP contribution in [0.25, 0.3) is 10.8 Å². The predicted molar refractivity (Wildman–Crippen MR) is 84.1 cm³/mol. The second kappa shape index (κ2) is 6.28. The standard InChI is InChI=1S/C15H11F2N5O2S/c16-13(17)15-21-20-14(24-15)10-6-19-11(25-10)7-22-9-3-4-18-5-8(9)1-2-12(22)23/h3-6,13H,1-2,7H2. The second-order valence-corrected chi connectivity index (χ2v) is 6.46. The molecule has 3 aromatic heterocycles. The molecule has 1 aliphatic rings. The van der Waals surface area contributed by atoms with E-state index in [-0.39, 0.29) is 18.3 Å². The lowest BCUT2D eigenvalue weighted by Gasteiger charge is -2.28. The molecule has 4 heterocycles. The van der Waals surface area contributed by atoms with Gasteiger partial charge < -0.3 is 9.32 Å². The number of nitrogens with zero attached hydrogens (tertiary/aromatic N) is 5. The van der Waals surface area contributed by atoms with Crippen molar-refractivity contribution in [3.8, 4) is 10.8 Å². The Bertz CT molecular complexity index is 926. The topological polar surface area (TPSA) is 85.0 Å². The molecule has 0 aliphatic carbocycles. The first-order valence-electron chi connectivity index (χ1n) is 7.41. The van der Waals surface area contributed by atoms with Gasteiger partial charge in [-0.2, -0.15) is 8.78 Å². The highest BCUT2D eigenvalue weighted by atomic mass is 32.1. The first-order chi connectivity index (χ1) is 12.1. The van der Waals surface area contributed by atoms with Crippen molar-refractivity contribution in [2.45, 2.75) is 25.8 Å². The molecule has 1 amide bonds. The highest BCUT2D eigenvalue weighted by molar-refractivity contribution is 7.15. The van der Waals surface area contributed by atoms with E-state index in [0.29, 0.717) is 22.7 Å². The third kappa shape index (κ3) is 3.00. The van der Waals surface area contributed by atoms with Crippen LogP contribution in [0, 0.1) is 0 Å². The van der Waals surface area contributed by atoms with E-state index in [1.165, 1.54) is 17.5 Å². The van der Waals surface area contributed by atoms with Gasteiger partial charge in [0.15, 0.2) is 0 Å². The van der Waals surface area contributed by atoms with Gasteiger partial charge in [0.1, 0.15) is 9.88 Å². The quantitative estimate of drug-likeness (QED) is 0.708. The summed E-state index contributed by atoms with van der Waals surface area (Å²) in [5, 5.41) is 7.55. The van der Waals surface area contributed by atoms with E-state index in [1.54, 1.807) is 23.4 Å². The molecule has 0 unspecified atom stereocenters. The number of pyridine rings is 1. The largest absolute Gasteiger partial charge is 0.414 e. The molecule has 10 heteroatoms. The maximum atomic E-state index is 12.5. The third-order valence-corrected chi connectivity index (χ3v) is 4.73. The van der Waals surface area contributed by atoms with E-state index in [9.17, 15) is 13.6 Å². The molecule has 0 atom stereocenters. The third-order valence-electron chi connectivity index (χ3n) is 3.76. The first kappa shape index (κ1) is 15.8. The van der Waals surface area contributed by atoms with Crippen molar-refractivity contribution in [3.63, 3.8) is 0 Å². The van der Waals surface area contributed by atoms with Crippen molar-refractivity contribution in [1.82, 2.24) is 20.2 Å². The Hall–Kier alpha value is -2.75. The van der Waals surface area contributed by atoms with Gasteiger partial charge in [0.25, 0.3) is 11.8 Å². The lowest BCUT2D eigenvalue weighted by atomic mass is 10.0. The Morgan fingerprint density at radius 2 is 2.16 bits per heavy atom. The molecule has 0 aromatic carbocycles. The average Bonchev–Trinajstić information content (AvgIpc) is 3.26. The minimum absolute atomic E-state index is 0.00591. The van der Waals surface area contributed by atoms with Crippen molar-refractivity contribution in [2.24, 2.45) is 0 Å². The Kier molecular flexibility index (Phi) is 3.96. The van der Waals surface area contributed by atoms with Crippen LogP contribution < -0.4 is 4.90 Å². The Labute approximate surface area is 144 Å². The Morgan fingerprint density at radius 1 is 1.28 bits per heavy atom. The maximum absolute atomic E-state index is 12.5. The van der Waals surface area contributed by atoms with Gasteiger partial charge >= 0.3 is 6.43 Å². The Morgan fingerprint density at radius 3 is 2.96 bits per heavy atom. The average molecular weight is 363 g/mol. The molecule has 0 saturated carbocycles. The highest BCUT2D eigenvalue weighted by Gasteiger charge is 2.25. The number of fused-ring (bicyclic) bond motifs is 1. The minimum Gasteiger partial charge on any atom is -0.414 e. The summed E-state index contributed by atoms with van der Waals surface area (Å²) >= 11 is 1.22. The van der Waals surface area contributed by atoms with Crippen LogP contribution in [0.3, 0.4) is 0 Å². The summed E-state index contributed by atoms with van der Waals surface area (Å²) in [5.74, 6) is -0.723. The van der Waals surface area contributed by atoms with Gasteiger partial charge in [-0.1, -0.05) is 0 Å². The SMILES string of the molecule is O=C1CCc2cnccc2N1Cc1ncc(-c2nnc(C(F)F)o2)s1. The zero-order chi connectivity index (χ0) is 17.4. The number of aryl methyl sites for hydroxylation is 1. The fourth-order valence-corrected chi connectivity index (χ4v) is 3.43. The number of hydrogen-bond acceptors (Lipinski definition) is 7. The summed E-state index contributed by atoms with van der Waals surface area (Å²) in [5.41, 5.74) is 1.83. The van der Waals surface area contributed by atoms with E-state index in [0.717, 1.165) is 11.3 Å². The number of thiazole rings is 1. The van der Waals surface area contributed by atoms with Crippen LogP contribution in [0.4, 0.5) is 14.5 Å². The van der Waals surface area contributed by atoms with Gasteiger partial charge in [-0.3, -0.25) is 9.78 Å². The minimum atomic E-state index is -2.82. The number of carbonyl (C=O) groups excluding carboxylic acids is 1. The molecule has 3 aromatic rings. The summed E-state index contributed by atoms with van der Waals surface area (Å²) in [7, 11) is 0. The number of amides is 1. The second-order valence-electron chi connectivity index (χ2n) is 5.35. The van der Waals surface area contributed by atoms with Gasteiger partial charge in [0.2, 0.25) is 5.91 Å². The van der Waals surface area contributed by atoms with Gasteiger partial charge in [0, 0.05) is 18.8 Å². The van der Waals surface area contributed by atoms with Crippen LogP contribution >= 0.6 is 11.3 Å². The number of alkyl halides is 2. The van der Waals surface area contributed by atoms with Crippen LogP contribution in [0.2, 0.25) is 0 Å². The molecular formula is C15H11F2N5O2S. The molecule has 0 bridgehead atoms. The van der Waals surface area contributed by atoms with E-state index in [4.69, 9.17) is 4.42 Å². The summed E-state index contributed by atoms with van der Waals surface area (Å²) in [6.45, 7) is 0.288. The van der Waals surface area contributed by atoms with Crippen LogP contribution in [-0.4, -0.2) is 26.1 Å². The normalized spacial score (nSPS) is 14.2. The van der Waals surface area contributed by atoms with Crippen LogP contribution in [0.15, 0.2) is 29.1 Å². The lowest BCUT2D eigenvalue weighted by molar-refractivity contribution is -0.119. The highest BCUT2D eigenvalue weighted by Crippen LogP contribution is 2.31. The van der Waals surface area contributed by atoms with Crippen molar-refractivity contribution < 1.29 is 18.0 Å². The number of hydrogen-bond donors (Lipinski definition) is 0. The Balaban J connectivity index is 1.58. The molecule has 25 heavy (non-hydrogen) atoms. The molecule has 0 fully saturated rings. The van der Waals surface area contributed by atoms with Crippen molar-refractivity contribution in [2.75, 3.05) is 4.90 Å². The zero-order valence-corrected chi connectivity index (χ0v) is 13.5. The van der Waals surface area contributed by atoms with E-state index >= 15 is 0 Å². The summed E-state index contributed by atoms with van der Waals surface area (Å²) in [4.78, 5) is 22.7. The summed E-state index contributed by atoms with van der Waals surface area (Å²) < 4.78 is 30.0. The first-order valence-corrected chi connectivity index (χ1v) is 8.23. The maximum Gasteiger partial charge on any atom is 0.314 e. The zero-order valence-electron chi connectivity index (χ0n) is 12.7. The molecule has 0 N–H and O–H groups in total.